The lowest BCUT2D eigenvalue weighted by atomic mass is 10.0. The molecule has 0 unspecified atom stereocenters. The van der Waals surface area contributed by atoms with Gasteiger partial charge in [0.1, 0.15) is 11.6 Å². The van der Waals surface area contributed by atoms with Crippen molar-refractivity contribution in [1.82, 2.24) is 0 Å². The molecule has 0 spiro atoms. The van der Waals surface area contributed by atoms with E-state index in [9.17, 15) is 4.79 Å². The topological polar surface area (TPSA) is 40.9 Å². The highest BCUT2D eigenvalue weighted by Crippen LogP contribution is 2.17. The van der Waals surface area contributed by atoms with Gasteiger partial charge in [0.15, 0.2) is 0 Å². The molecule has 4 heteroatoms. The number of nitrogens with zero attached hydrogens (tertiary/aromatic N) is 1. The van der Waals surface area contributed by atoms with E-state index in [1.54, 1.807) is 48.5 Å². The van der Waals surface area contributed by atoms with Crippen LogP contribution in [0.2, 0.25) is 10.0 Å². The molecule has 2 rings (SSSR count). The van der Waals surface area contributed by atoms with Crippen LogP contribution in [0, 0.1) is 11.3 Å². The normalized spacial score (nSPS) is 10.9. The zero-order valence-electron chi connectivity index (χ0n) is 10.3. The summed E-state index contributed by atoms with van der Waals surface area (Å²) in [5, 5.41) is 10.2. The van der Waals surface area contributed by atoms with Crippen molar-refractivity contribution >= 4 is 35.1 Å². The molecule has 0 fully saturated rings. The summed E-state index contributed by atoms with van der Waals surface area (Å²) in [5.74, 6) is -0.343. The van der Waals surface area contributed by atoms with Gasteiger partial charge in [-0.05, 0) is 48.0 Å². The van der Waals surface area contributed by atoms with E-state index >= 15 is 0 Å². The van der Waals surface area contributed by atoms with Crippen LogP contribution in [0.3, 0.4) is 0 Å². The number of hydrogen-bond acceptors (Lipinski definition) is 2. The Morgan fingerprint density at radius 3 is 2.35 bits per heavy atom. The molecule has 98 valence electrons. The van der Waals surface area contributed by atoms with Crippen LogP contribution in [0.15, 0.2) is 54.1 Å². The molecule has 2 nitrogen and oxygen atoms in total. The van der Waals surface area contributed by atoms with Crippen LogP contribution in [0.4, 0.5) is 0 Å². The third-order valence-electron chi connectivity index (χ3n) is 2.63. The monoisotopic (exact) mass is 301 g/mol. The molecular formula is C16H9Cl2NO. The van der Waals surface area contributed by atoms with Crippen LogP contribution in [0.5, 0.6) is 0 Å². The fraction of sp³-hybridized carbons (Fsp3) is 0. The molecule has 0 heterocycles. The third kappa shape index (κ3) is 3.48. The van der Waals surface area contributed by atoms with E-state index in [0.717, 1.165) is 0 Å². The standard InChI is InChI=1S/C16H9Cl2NO/c17-14-6-4-12(5-7-14)16(20)13(10-19)8-11-2-1-3-15(18)9-11/h1-9H/b13-8+. The van der Waals surface area contributed by atoms with Crippen LogP contribution >= 0.6 is 23.2 Å². The van der Waals surface area contributed by atoms with Crippen molar-refractivity contribution in [3.63, 3.8) is 0 Å². The summed E-state index contributed by atoms with van der Waals surface area (Å²) in [7, 11) is 0. The van der Waals surface area contributed by atoms with Gasteiger partial charge in [0.05, 0.1) is 0 Å². The van der Waals surface area contributed by atoms with Gasteiger partial charge in [0.2, 0.25) is 5.78 Å². The first kappa shape index (κ1) is 14.3. The van der Waals surface area contributed by atoms with Crippen molar-refractivity contribution < 1.29 is 4.79 Å². The van der Waals surface area contributed by atoms with Gasteiger partial charge in [-0.3, -0.25) is 4.79 Å². The van der Waals surface area contributed by atoms with E-state index in [4.69, 9.17) is 28.5 Å². The van der Waals surface area contributed by atoms with Crippen LogP contribution < -0.4 is 0 Å². The summed E-state index contributed by atoms with van der Waals surface area (Å²) in [5.41, 5.74) is 1.18. The van der Waals surface area contributed by atoms with E-state index in [1.807, 2.05) is 6.07 Å². The highest BCUT2D eigenvalue weighted by molar-refractivity contribution is 6.31. The molecule has 2 aromatic rings. The third-order valence-corrected chi connectivity index (χ3v) is 3.12. The van der Waals surface area contributed by atoms with E-state index < -0.39 is 0 Å². The minimum absolute atomic E-state index is 0.0505. The number of hydrogen-bond donors (Lipinski definition) is 0. The van der Waals surface area contributed by atoms with Gasteiger partial charge in [-0.15, -0.1) is 0 Å². The maximum Gasteiger partial charge on any atom is 0.203 e. The van der Waals surface area contributed by atoms with Gasteiger partial charge in [-0.25, -0.2) is 0 Å². The first-order chi connectivity index (χ1) is 9.60. The Labute approximate surface area is 126 Å². The average Bonchev–Trinajstić information content (AvgIpc) is 2.45. The number of nitriles is 1. The minimum atomic E-state index is -0.343. The quantitative estimate of drug-likeness (QED) is 0.465. The zero-order chi connectivity index (χ0) is 14.5. The Hall–Kier alpha value is -2.08. The first-order valence-corrected chi connectivity index (χ1v) is 6.53. The lowest BCUT2D eigenvalue weighted by Crippen LogP contribution is -2.01. The van der Waals surface area contributed by atoms with E-state index in [-0.39, 0.29) is 11.4 Å². The van der Waals surface area contributed by atoms with Crippen molar-refractivity contribution in [3.8, 4) is 6.07 Å². The summed E-state index contributed by atoms with van der Waals surface area (Å²) < 4.78 is 0. The summed E-state index contributed by atoms with van der Waals surface area (Å²) in [4.78, 5) is 12.2. The van der Waals surface area contributed by atoms with E-state index in [1.165, 1.54) is 6.08 Å². The predicted molar refractivity (Wildman–Crippen MR) is 80.8 cm³/mol. The van der Waals surface area contributed by atoms with Gasteiger partial charge < -0.3 is 0 Å². The zero-order valence-corrected chi connectivity index (χ0v) is 11.8. The SMILES string of the molecule is N#C/C(=C\c1cccc(Cl)c1)C(=O)c1ccc(Cl)cc1. The van der Waals surface area contributed by atoms with Gasteiger partial charge >= 0.3 is 0 Å². The number of carbonyl (C=O) groups is 1. The molecular weight excluding hydrogens is 293 g/mol. The molecule has 2 aromatic carbocycles. The fourth-order valence-corrected chi connectivity index (χ4v) is 1.99. The molecule has 0 saturated heterocycles. The number of halogens is 2. The van der Waals surface area contributed by atoms with Crippen LogP contribution in [-0.4, -0.2) is 5.78 Å². The average molecular weight is 302 g/mol. The molecule has 0 aromatic heterocycles. The lowest BCUT2D eigenvalue weighted by Gasteiger charge is -2.00. The molecule has 0 radical (unpaired) electrons. The van der Waals surface area contributed by atoms with Crippen molar-refractivity contribution in [3.05, 3.63) is 75.3 Å². The largest absolute Gasteiger partial charge is 0.288 e. The molecule has 0 aliphatic heterocycles. The molecule has 0 amide bonds. The van der Waals surface area contributed by atoms with Crippen molar-refractivity contribution in [2.45, 2.75) is 0 Å². The maximum atomic E-state index is 12.2. The molecule has 20 heavy (non-hydrogen) atoms. The summed E-state index contributed by atoms with van der Waals surface area (Å²) in [6.45, 7) is 0. The molecule has 0 aliphatic carbocycles. The number of carbonyl (C=O) groups excluding carboxylic acids is 1. The van der Waals surface area contributed by atoms with Crippen molar-refractivity contribution in [2.24, 2.45) is 0 Å². The second-order valence-corrected chi connectivity index (χ2v) is 4.93. The number of rotatable bonds is 3. The van der Waals surface area contributed by atoms with Gasteiger partial charge in [-0.1, -0.05) is 35.3 Å². The number of benzene rings is 2. The molecule has 0 N–H and O–H groups in total. The van der Waals surface area contributed by atoms with Crippen molar-refractivity contribution in [1.29, 1.82) is 5.26 Å². The van der Waals surface area contributed by atoms with Crippen LogP contribution in [0.1, 0.15) is 15.9 Å². The Balaban J connectivity index is 2.35. The molecule has 0 atom stereocenters. The molecule has 0 bridgehead atoms. The number of ketones is 1. The lowest BCUT2D eigenvalue weighted by molar-refractivity contribution is 0.104. The summed E-state index contributed by atoms with van der Waals surface area (Å²) in [6.07, 6.45) is 1.52. The van der Waals surface area contributed by atoms with Gasteiger partial charge in [0, 0.05) is 15.6 Å². The van der Waals surface area contributed by atoms with Crippen molar-refractivity contribution in [2.75, 3.05) is 0 Å². The van der Waals surface area contributed by atoms with Crippen LogP contribution in [-0.2, 0) is 0 Å². The number of Topliss-reactive ketones (excluding diaryl/α,β-unsaturated/α-hetero) is 1. The Morgan fingerprint density at radius 2 is 1.75 bits per heavy atom. The van der Waals surface area contributed by atoms with E-state index in [0.29, 0.717) is 21.2 Å². The van der Waals surface area contributed by atoms with Gasteiger partial charge in [-0.2, -0.15) is 5.26 Å². The Bertz CT molecular complexity index is 712. The van der Waals surface area contributed by atoms with Crippen LogP contribution in [0.25, 0.3) is 6.08 Å². The maximum absolute atomic E-state index is 12.2. The fourth-order valence-electron chi connectivity index (χ4n) is 1.67. The summed E-state index contributed by atoms with van der Waals surface area (Å²) >= 11 is 11.6. The second-order valence-electron chi connectivity index (χ2n) is 4.06. The Kier molecular flexibility index (Phi) is 4.57. The minimum Gasteiger partial charge on any atom is -0.288 e. The van der Waals surface area contributed by atoms with Gasteiger partial charge in [0.25, 0.3) is 0 Å². The highest BCUT2D eigenvalue weighted by Gasteiger charge is 2.11. The summed E-state index contributed by atoms with van der Waals surface area (Å²) in [6, 6.07) is 15.3. The highest BCUT2D eigenvalue weighted by atomic mass is 35.5. The molecule has 0 aliphatic rings. The predicted octanol–water partition coefficient (Wildman–Crippen LogP) is 4.78. The Morgan fingerprint density at radius 1 is 1.05 bits per heavy atom. The molecule has 0 saturated carbocycles. The first-order valence-electron chi connectivity index (χ1n) is 5.78. The smallest absolute Gasteiger partial charge is 0.203 e. The number of allylic oxidation sites excluding steroid dienone is 1. The van der Waals surface area contributed by atoms with E-state index in [2.05, 4.69) is 0 Å². The second kappa shape index (κ2) is 6.38.